The Labute approximate surface area is 163 Å². The highest BCUT2D eigenvalue weighted by molar-refractivity contribution is 7.88. The number of nitrogen functional groups attached to an aromatic ring is 1. The van der Waals surface area contributed by atoms with Crippen molar-refractivity contribution >= 4 is 54.6 Å². The Kier molecular flexibility index (Phi) is 5.95. The van der Waals surface area contributed by atoms with E-state index in [1.807, 2.05) is 4.72 Å². The molecule has 1 aliphatic heterocycles. The van der Waals surface area contributed by atoms with Gasteiger partial charge in [0.2, 0.25) is 15.9 Å². The fourth-order valence-corrected chi connectivity index (χ4v) is 4.43. The maximum Gasteiger partial charge on any atom is 0.363 e. The summed E-state index contributed by atoms with van der Waals surface area (Å²) in [4.78, 5) is 40.1. The molecule has 0 bridgehead atoms. The van der Waals surface area contributed by atoms with E-state index in [2.05, 4.69) is 15.0 Å². The zero-order valence-corrected chi connectivity index (χ0v) is 16.7. The number of carbonyl (C=O) groups is 3. The Hall–Kier alpha value is -2.34. The summed E-state index contributed by atoms with van der Waals surface area (Å²) in [5, 5.41) is 3.38. The molecule has 5 N–H and O–H groups in total. The molecule has 1 aliphatic rings. The number of nitrogens with zero attached hydrogens (tertiary/aromatic N) is 2. The molecule has 0 aromatic carbocycles. The lowest BCUT2D eigenvalue weighted by Crippen LogP contribution is -2.75. The van der Waals surface area contributed by atoms with Gasteiger partial charge in [-0.15, -0.1) is 11.3 Å². The number of ether oxygens (including phenoxy) is 1. The molecule has 1 fully saturated rings. The first kappa shape index (κ1) is 22.0. The number of methoxy groups -OCH3 is 1. The van der Waals surface area contributed by atoms with Crippen LogP contribution in [0.2, 0.25) is 0 Å². The van der Waals surface area contributed by atoms with Crippen LogP contribution in [0.1, 0.15) is 11.7 Å². The molecule has 2 amide bonds. The van der Waals surface area contributed by atoms with Gasteiger partial charge in [0.05, 0.1) is 19.1 Å². The number of thiazole rings is 1. The molecule has 28 heavy (non-hydrogen) atoms. The van der Waals surface area contributed by atoms with Gasteiger partial charge < -0.3 is 15.8 Å². The number of nitrogens with two attached hydrogens (primary N) is 1. The van der Waals surface area contributed by atoms with Crippen molar-refractivity contribution in [2.24, 2.45) is 0 Å². The van der Waals surface area contributed by atoms with E-state index < -0.39 is 56.2 Å². The van der Waals surface area contributed by atoms with E-state index in [0.717, 1.165) is 24.7 Å². The van der Waals surface area contributed by atoms with Gasteiger partial charge in [-0.05, 0) is 0 Å². The number of sulfonamides is 1. The largest absolute Gasteiger partial charge is 0.467 e. The van der Waals surface area contributed by atoms with E-state index in [0.29, 0.717) is 0 Å². The molecule has 17 heteroatoms. The number of aromatic nitrogens is 1. The zero-order chi connectivity index (χ0) is 21.4. The second-order valence-electron chi connectivity index (χ2n) is 5.50. The molecule has 0 spiro atoms. The standard InChI is InChI=1S/C11H15N5O9S3/c1-25-10(19)7-6(9(18)16(7)28(22,23)24)14-8(17)5(15-27(2,20)21)4-3-26-11(12)13-4/h3,5-7,15H,1-2H3,(H2,12,13)(H,14,17)(H,22,23,24). The predicted octanol–water partition coefficient (Wildman–Crippen LogP) is -3.01. The molecule has 1 aromatic heterocycles. The number of esters is 1. The predicted molar refractivity (Wildman–Crippen MR) is 93.4 cm³/mol. The Balaban J connectivity index is 2.31. The molecular weight excluding hydrogens is 442 g/mol. The minimum absolute atomic E-state index is 0.0350. The highest BCUT2D eigenvalue weighted by Gasteiger charge is 2.58. The van der Waals surface area contributed by atoms with E-state index in [9.17, 15) is 31.2 Å². The molecule has 0 saturated carbocycles. The van der Waals surface area contributed by atoms with Crippen molar-refractivity contribution in [3.63, 3.8) is 0 Å². The van der Waals surface area contributed by atoms with Crippen LogP contribution in [-0.2, 0) is 39.4 Å². The summed E-state index contributed by atoms with van der Waals surface area (Å²) in [7, 11) is -8.12. The lowest BCUT2D eigenvalue weighted by molar-refractivity contribution is -0.162. The number of β-lactam (4-membered cyclic amide) rings is 1. The monoisotopic (exact) mass is 457 g/mol. The first-order valence-electron chi connectivity index (χ1n) is 7.13. The third-order valence-corrected chi connectivity index (χ3v) is 5.73. The van der Waals surface area contributed by atoms with Crippen LogP contribution in [0.25, 0.3) is 0 Å². The summed E-state index contributed by atoms with van der Waals surface area (Å²) in [5.41, 5.74) is 5.38. The second-order valence-corrected chi connectivity index (χ2v) is 9.46. The molecule has 2 rings (SSSR count). The first-order valence-corrected chi connectivity index (χ1v) is 11.3. The summed E-state index contributed by atoms with van der Waals surface area (Å²) in [6.07, 6.45) is 0.773. The zero-order valence-electron chi connectivity index (χ0n) is 14.2. The number of anilines is 1. The van der Waals surface area contributed by atoms with Crippen LogP contribution in [-0.4, -0.2) is 73.9 Å². The fourth-order valence-electron chi connectivity index (χ4n) is 2.35. The quantitative estimate of drug-likeness (QED) is 0.184. The van der Waals surface area contributed by atoms with Crippen LogP contribution < -0.4 is 15.8 Å². The molecule has 156 valence electrons. The van der Waals surface area contributed by atoms with Gasteiger partial charge in [0.25, 0.3) is 5.91 Å². The summed E-state index contributed by atoms with van der Waals surface area (Å²) >= 11 is 0.918. The SMILES string of the molecule is COC(=O)C1C(NC(=O)C(NS(C)(=O)=O)c2csc(N)n2)C(=O)N1S(=O)(=O)O. The van der Waals surface area contributed by atoms with Crippen molar-refractivity contribution in [1.29, 1.82) is 0 Å². The minimum Gasteiger partial charge on any atom is -0.467 e. The van der Waals surface area contributed by atoms with E-state index in [4.69, 9.17) is 10.3 Å². The van der Waals surface area contributed by atoms with Gasteiger partial charge >= 0.3 is 16.3 Å². The van der Waals surface area contributed by atoms with Crippen LogP contribution in [0.3, 0.4) is 0 Å². The topological polar surface area (TPSA) is 215 Å². The van der Waals surface area contributed by atoms with Crippen LogP contribution in [0.15, 0.2) is 5.38 Å². The number of hydrogen-bond acceptors (Lipinski definition) is 11. The highest BCUT2D eigenvalue weighted by Crippen LogP contribution is 2.26. The average Bonchev–Trinajstić information content (AvgIpc) is 2.98. The summed E-state index contributed by atoms with van der Waals surface area (Å²) in [6.45, 7) is 0. The van der Waals surface area contributed by atoms with Crippen molar-refractivity contribution < 1.29 is 40.5 Å². The van der Waals surface area contributed by atoms with Gasteiger partial charge in [-0.25, -0.2) is 18.2 Å². The lowest BCUT2D eigenvalue weighted by Gasteiger charge is -2.42. The van der Waals surface area contributed by atoms with E-state index in [1.165, 1.54) is 5.38 Å². The molecule has 2 heterocycles. The molecule has 3 unspecified atom stereocenters. The van der Waals surface area contributed by atoms with Crippen molar-refractivity contribution in [1.82, 2.24) is 19.3 Å². The minimum atomic E-state index is -5.09. The highest BCUT2D eigenvalue weighted by atomic mass is 32.2. The van der Waals surface area contributed by atoms with Crippen LogP contribution in [0.4, 0.5) is 5.13 Å². The molecule has 1 saturated heterocycles. The smallest absolute Gasteiger partial charge is 0.363 e. The maximum atomic E-state index is 12.5. The molecular formula is C11H15N5O9S3. The second kappa shape index (κ2) is 7.59. The van der Waals surface area contributed by atoms with Gasteiger partial charge in [0.15, 0.2) is 11.2 Å². The van der Waals surface area contributed by atoms with Gasteiger partial charge in [0, 0.05) is 5.38 Å². The van der Waals surface area contributed by atoms with Crippen LogP contribution in [0.5, 0.6) is 0 Å². The van der Waals surface area contributed by atoms with Crippen molar-refractivity contribution in [2.75, 3.05) is 19.1 Å². The van der Waals surface area contributed by atoms with E-state index >= 15 is 0 Å². The number of nitrogens with one attached hydrogen (secondary N) is 2. The third-order valence-electron chi connectivity index (χ3n) is 3.47. The molecule has 1 aromatic rings. The van der Waals surface area contributed by atoms with Gasteiger partial charge in [-0.1, -0.05) is 0 Å². The number of amides is 2. The number of carbonyl (C=O) groups excluding carboxylic acids is 3. The van der Waals surface area contributed by atoms with E-state index in [-0.39, 0.29) is 15.1 Å². The third kappa shape index (κ3) is 4.55. The van der Waals surface area contributed by atoms with Gasteiger partial charge in [0.1, 0.15) is 12.1 Å². The average molecular weight is 457 g/mol. The van der Waals surface area contributed by atoms with Gasteiger partial charge in [-0.2, -0.15) is 17.4 Å². The van der Waals surface area contributed by atoms with Crippen molar-refractivity contribution in [2.45, 2.75) is 18.1 Å². The van der Waals surface area contributed by atoms with Crippen molar-refractivity contribution in [3.8, 4) is 0 Å². The Morgan fingerprint density at radius 2 is 2.00 bits per heavy atom. The molecule has 14 nitrogen and oxygen atoms in total. The van der Waals surface area contributed by atoms with E-state index in [1.54, 1.807) is 0 Å². The molecule has 0 aliphatic carbocycles. The Bertz CT molecular complexity index is 1020. The van der Waals surface area contributed by atoms with Crippen molar-refractivity contribution in [3.05, 3.63) is 11.1 Å². The molecule has 0 radical (unpaired) electrons. The normalized spacial score (nSPS) is 21.0. The number of rotatable bonds is 7. The Morgan fingerprint density at radius 3 is 2.43 bits per heavy atom. The maximum absolute atomic E-state index is 12.5. The summed E-state index contributed by atoms with van der Waals surface area (Å²) in [5.74, 6) is -3.66. The fraction of sp³-hybridized carbons (Fsp3) is 0.455. The molecule has 3 atom stereocenters. The van der Waals surface area contributed by atoms with Gasteiger partial charge in [-0.3, -0.25) is 14.1 Å². The van der Waals surface area contributed by atoms with Crippen LogP contribution in [0, 0.1) is 0 Å². The number of hydrogen-bond donors (Lipinski definition) is 4. The summed E-state index contributed by atoms with van der Waals surface area (Å²) in [6, 6.07) is -5.20. The first-order chi connectivity index (χ1) is 12.8. The van der Waals surface area contributed by atoms with Crippen LogP contribution >= 0.6 is 11.3 Å². The lowest BCUT2D eigenvalue weighted by atomic mass is 9.98. The summed E-state index contributed by atoms with van der Waals surface area (Å²) < 4.78 is 60.9. The Morgan fingerprint density at radius 1 is 1.39 bits per heavy atom.